The van der Waals surface area contributed by atoms with Crippen molar-refractivity contribution >= 4 is 0 Å². The molecule has 0 aromatic heterocycles. The highest BCUT2D eigenvalue weighted by molar-refractivity contribution is 4.96. The van der Waals surface area contributed by atoms with Crippen molar-refractivity contribution in [1.29, 1.82) is 0 Å². The average Bonchev–Trinajstić information content (AvgIpc) is 2.37. The summed E-state index contributed by atoms with van der Waals surface area (Å²) >= 11 is 0. The van der Waals surface area contributed by atoms with E-state index < -0.39 is 0 Å². The molecule has 1 fully saturated rings. The number of hydrogen-bond acceptors (Lipinski definition) is 0. The summed E-state index contributed by atoms with van der Waals surface area (Å²) < 4.78 is 0. The van der Waals surface area contributed by atoms with Crippen LogP contribution in [-0.2, 0) is 0 Å². The number of rotatable bonds is 5. The smallest absolute Gasteiger partial charge is 0.0269 e. The van der Waals surface area contributed by atoms with Crippen molar-refractivity contribution in [3.63, 3.8) is 0 Å². The van der Waals surface area contributed by atoms with Gasteiger partial charge < -0.3 is 0 Å². The fourth-order valence-corrected chi connectivity index (χ4v) is 4.39. The maximum absolute atomic E-state index is 2.58. The van der Waals surface area contributed by atoms with Crippen molar-refractivity contribution in [1.82, 2.24) is 0 Å². The quantitative estimate of drug-likeness (QED) is 0.514. The van der Waals surface area contributed by atoms with Crippen LogP contribution in [0.4, 0.5) is 0 Å². The van der Waals surface area contributed by atoms with E-state index >= 15 is 0 Å². The molecule has 1 aliphatic rings. The van der Waals surface area contributed by atoms with E-state index in [1.807, 2.05) is 0 Å². The van der Waals surface area contributed by atoms with Crippen LogP contribution in [0, 0.1) is 35.0 Å². The first-order valence-corrected chi connectivity index (χ1v) is 8.36. The monoisotopic (exact) mass is 252 g/mol. The van der Waals surface area contributed by atoms with Crippen molar-refractivity contribution in [3.05, 3.63) is 0 Å². The van der Waals surface area contributed by atoms with Crippen LogP contribution < -0.4 is 0 Å². The van der Waals surface area contributed by atoms with Gasteiger partial charge in [-0.1, -0.05) is 74.1 Å². The average molecular weight is 252 g/mol. The van der Waals surface area contributed by atoms with Crippen LogP contribution in [0.1, 0.15) is 80.6 Å². The third-order valence-electron chi connectivity index (χ3n) is 6.89. The molecule has 0 bridgehead atoms. The Morgan fingerprint density at radius 1 is 0.722 bits per heavy atom. The highest BCUT2D eigenvalue weighted by Crippen LogP contribution is 2.55. The van der Waals surface area contributed by atoms with Gasteiger partial charge in [-0.25, -0.2) is 0 Å². The molecule has 0 nitrogen and oxygen atoms in total. The minimum atomic E-state index is 0.569. The van der Waals surface area contributed by atoms with E-state index in [1.165, 1.54) is 32.1 Å². The van der Waals surface area contributed by atoms with Crippen LogP contribution in [0.15, 0.2) is 0 Å². The number of hydrogen-bond donors (Lipinski definition) is 0. The van der Waals surface area contributed by atoms with Crippen LogP contribution in [-0.4, -0.2) is 0 Å². The van der Waals surface area contributed by atoms with Crippen molar-refractivity contribution in [2.45, 2.75) is 80.6 Å². The van der Waals surface area contributed by atoms with Gasteiger partial charge in [-0.05, 0) is 41.4 Å². The first-order chi connectivity index (χ1) is 8.36. The fraction of sp³-hybridized carbons (Fsp3) is 1.00. The first-order valence-electron chi connectivity index (χ1n) is 8.36. The first kappa shape index (κ1) is 16.1. The van der Waals surface area contributed by atoms with Crippen molar-refractivity contribution in [3.8, 4) is 0 Å². The second-order valence-electron chi connectivity index (χ2n) is 7.47. The van der Waals surface area contributed by atoms with Gasteiger partial charge in [0.25, 0.3) is 0 Å². The third kappa shape index (κ3) is 2.94. The molecule has 0 spiro atoms. The normalized spacial score (nSPS) is 45.2. The molecular weight excluding hydrogens is 216 g/mol. The summed E-state index contributed by atoms with van der Waals surface area (Å²) in [6.45, 7) is 17.4. The molecule has 0 radical (unpaired) electrons. The van der Waals surface area contributed by atoms with Crippen LogP contribution in [0.5, 0.6) is 0 Å². The predicted molar refractivity (Wildman–Crippen MR) is 82.7 cm³/mol. The highest BCUT2D eigenvalue weighted by Gasteiger charge is 2.48. The molecule has 0 heterocycles. The molecule has 0 aromatic carbocycles. The van der Waals surface area contributed by atoms with Gasteiger partial charge in [0, 0.05) is 0 Å². The van der Waals surface area contributed by atoms with Crippen molar-refractivity contribution < 1.29 is 0 Å². The van der Waals surface area contributed by atoms with Crippen molar-refractivity contribution in [2.75, 3.05) is 0 Å². The van der Waals surface area contributed by atoms with Gasteiger partial charge in [0.05, 0.1) is 0 Å². The number of unbranched alkanes of at least 4 members (excludes halogenated alkanes) is 3. The third-order valence-corrected chi connectivity index (χ3v) is 6.89. The topological polar surface area (TPSA) is 0 Å². The molecule has 0 aliphatic heterocycles. The Morgan fingerprint density at radius 3 is 1.67 bits per heavy atom. The lowest BCUT2D eigenvalue weighted by molar-refractivity contribution is -0.0579. The second-order valence-corrected chi connectivity index (χ2v) is 7.47. The van der Waals surface area contributed by atoms with E-state index in [2.05, 4.69) is 48.5 Å². The molecule has 18 heavy (non-hydrogen) atoms. The minimum absolute atomic E-state index is 0.569. The molecule has 1 saturated carbocycles. The molecule has 108 valence electrons. The second kappa shape index (κ2) is 6.44. The molecular formula is C18H36. The molecule has 0 aromatic rings. The largest absolute Gasteiger partial charge is 0.0654 e. The lowest BCUT2D eigenvalue weighted by Gasteiger charge is -2.54. The molecule has 1 rings (SSSR count). The van der Waals surface area contributed by atoms with Crippen LogP contribution >= 0.6 is 0 Å². The summed E-state index contributed by atoms with van der Waals surface area (Å²) in [5.41, 5.74) is 0.569. The van der Waals surface area contributed by atoms with E-state index in [0.717, 1.165) is 29.6 Å². The van der Waals surface area contributed by atoms with E-state index in [-0.39, 0.29) is 0 Å². The maximum Gasteiger partial charge on any atom is -0.0269 e. The predicted octanol–water partition coefficient (Wildman–Crippen LogP) is 6.16. The zero-order chi connectivity index (χ0) is 13.9. The van der Waals surface area contributed by atoms with Gasteiger partial charge in [-0.3, -0.25) is 0 Å². The highest BCUT2D eigenvalue weighted by atomic mass is 14.5. The summed E-state index contributed by atoms with van der Waals surface area (Å²) in [6, 6.07) is 0. The Hall–Kier alpha value is 0. The molecule has 1 aliphatic carbocycles. The van der Waals surface area contributed by atoms with Gasteiger partial charge in [0.2, 0.25) is 0 Å². The Kier molecular flexibility index (Phi) is 5.74. The molecule has 4 atom stereocenters. The standard InChI is InChI=1S/C18H36/c1-8-9-10-11-12-18(7)16(5)14(3)13(2)15(4)17(18)6/h13-17H,8-12H2,1-7H3. The minimum Gasteiger partial charge on any atom is -0.0654 e. The van der Waals surface area contributed by atoms with Gasteiger partial charge in [0.15, 0.2) is 0 Å². The Balaban J connectivity index is 2.70. The molecule has 0 saturated heterocycles. The summed E-state index contributed by atoms with van der Waals surface area (Å²) in [4.78, 5) is 0. The van der Waals surface area contributed by atoms with Gasteiger partial charge in [0.1, 0.15) is 0 Å². The summed E-state index contributed by atoms with van der Waals surface area (Å²) in [5.74, 6) is 4.40. The zero-order valence-electron chi connectivity index (χ0n) is 13.9. The zero-order valence-corrected chi connectivity index (χ0v) is 13.9. The van der Waals surface area contributed by atoms with E-state index in [0.29, 0.717) is 5.41 Å². The SMILES string of the molecule is CCCCCCC1(C)C(C)C(C)C(C)C(C)C1C. The van der Waals surface area contributed by atoms with E-state index in [4.69, 9.17) is 0 Å². The Labute approximate surface area is 116 Å². The lowest BCUT2D eigenvalue weighted by atomic mass is 9.51. The van der Waals surface area contributed by atoms with Crippen LogP contribution in [0.3, 0.4) is 0 Å². The van der Waals surface area contributed by atoms with E-state index in [9.17, 15) is 0 Å². The molecule has 0 amide bonds. The summed E-state index contributed by atoms with van der Waals surface area (Å²) in [5, 5.41) is 0. The van der Waals surface area contributed by atoms with Crippen LogP contribution in [0.2, 0.25) is 0 Å². The molecule has 4 unspecified atom stereocenters. The Morgan fingerprint density at radius 2 is 1.22 bits per heavy atom. The van der Waals surface area contributed by atoms with Gasteiger partial charge in [-0.15, -0.1) is 0 Å². The van der Waals surface area contributed by atoms with Gasteiger partial charge >= 0.3 is 0 Å². The van der Waals surface area contributed by atoms with Crippen molar-refractivity contribution in [2.24, 2.45) is 35.0 Å². The fourth-order valence-electron chi connectivity index (χ4n) is 4.39. The Bertz CT molecular complexity index is 226. The molecule has 0 N–H and O–H groups in total. The lowest BCUT2D eigenvalue weighted by Crippen LogP contribution is -2.48. The molecule has 0 heteroatoms. The summed E-state index contributed by atoms with van der Waals surface area (Å²) in [7, 11) is 0. The van der Waals surface area contributed by atoms with Gasteiger partial charge in [-0.2, -0.15) is 0 Å². The summed E-state index contributed by atoms with van der Waals surface area (Å²) in [6.07, 6.45) is 7.08. The van der Waals surface area contributed by atoms with Crippen LogP contribution in [0.25, 0.3) is 0 Å². The van der Waals surface area contributed by atoms with E-state index in [1.54, 1.807) is 0 Å². The maximum atomic E-state index is 2.58.